The van der Waals surface area contributed by atoms with Crippen LogP contribution < -0.4 is 26.6 Å². The Morgan fingerprint density at radius 1 is 0.443 bits per heavy atom. The third kappa shape index (κ3) is 28.2. The summed E-state index contributed by atoms with van der Waals surface area (Å²) in [5.41, 5.74) is 0. The van der Waals surface area contributed by atoms with Crippen molar-refractivity contribution in [3.63, 3.8) is 0 Å². The molecule has 0 unspecified atom stereocenters. The largest absolute Gasteiger partial charge is 0.396 e. The monoisotopic (exact) mass is 1390 g/mol. The fourth-order valence-electron chi connectivity index (χ4n) is 12.3. The van der Waals surface area contributed by atoms with Crippen LogP contribution in [-0.2, 0) is 57.5 Å². The summed E-state index contributed by atoms with van der Waals surface area (Å²) in [7, 11) is 10.4. The number of hydrogen-bond acceptors (Lipinski definition) is 14. The first-order valence-corrected chi connectivity index (χ1v) is 36.8. The maximum atomic E-state index is 15.5. The van der Waals surface area contributed by atoms with Crippen LogP contribution in [0.1, 0.15) is 201 Å². The number of nitrogens with zero attached hydrogens (tertiary/aromatic N) is 7. The van der Waals surface area contributed by atoms with E-state index in [4.69, 9.17) is 0 Å². The highest BCUT2D eigenvalue weighted by Crippen LogP contribution is 2.27. The highest BCUT2D eigenvalue weighted by atomic mass is 32.2. The first-order chi connectivity index (χ1) is 45.1. The van der Waals surface area contributed by atoms with Gasteiger partial charge in [0, 0.05) is 75.2 Å². The average molecular weight is 1390 g/mol. The minimum absolute atomic E-state index is 0.0408. The van der Waals surface area contributed by atoms with Crippen molar-refractivity contribution in [2.24, 2.45) is 41.4 Å². The molecule has 0 aromatic rings. The molecule has 1 rings (SSSR count). The molecule has 0 spiro atoms. The molecule has 0 bridgehead atoms. The molecule has 1 heterocycles. The first kappa shape index (κ1) is 89.0. The number of likely N-dealkylation sites (N-methyl/N-ethyl adjacent to an activating group) is 7. The van der Waals surface area contributed by atoms with Gasteiger partial charge in [-0.15, -0.1) is 0 Å². The van der Waals surface area contributed by atoms with Crippen LogP contribution in [0.25, 0.3) is 0 Å². The fourth-order valence-corrected chi connectivity index (χ4v) is 13.5. The smallest absolute Gasteiger partial charge is 0.246 e. The van der Waals surface area contributed by atoms with Gasteiger partial charge in [0.15, 0.2) is 0 Å². The van der Waals surface area contributed by atoms with Gasteiger partial charge in [0.05, 0.1) is 0 Å². The second kappa shape index (κ2) is 43.5. The molecule has 25 nitrogen and oxygen atoms in total. The predicted octanol–water partition coefficient (Wildman–Crippen LogP) is 5.29. The summed E-state index contributed by atoms with van der Waals surface area (Å²) in [5.74, 6) is -8.19. The Morgan fingerprint density at radius 3 is 1.34 bits per heavy atom. The lowest BCUT2D eigenvalue weighted by molar-refractivity contribution is -0.156. The van der Waals surface area contributed by atoms with Crippen molar-refractivity contribution in [3.8, 4) is 0 Å². The molecular formula is C71H130N12O13S. The van der Waals surface area contributed by atoms with E-state index in [1.54, 1.807) is 34.6 Å². The van der Waals surface area contributed by atoms with Crippen LogP contribution in [0, 0.1) is 41.4 Å². The zero-order valence-electron chi connectivity index (χ0n) is 63.8. The number of amides is 12. The lowest BCUT2D eigenvalue weighted by atomic mass is 9.92. The standard InChI is InChI=1S/C71H130N12O13S/c1-25-52-66(91)82(23)58(41-97-35-31-30-34-84)69(94)77(18)54(37-43(4)5)64(89)76-59(46(10)11)70(95)78(19)53(36-42(2)3)62(87)73-49(15)61(86)74-50(16)65(90)80(21)56(38-44(6)7)67(92)81(22)57(39-45(8)9)68(93)83(24)60(47(12)13)71(96)79(20)55(63(88)75-52)40-48(14)32-28-26-27-29-33-72-51(17)85/h42-50,52-60,84H,25-41H2,1-24H3,(H,72,85)(H,73,87)(H,74,86)(H,75,88)(H,76,89)/t48-,49-,50+,52-,53-,54+,55-,56+,57-,58-,59-,60-/m1/s1. The van der Waals surface area contributed by atoms with Crippen LogP contribution in [0.3, 0.4) is 0 Å². The molecular weight excluding hydrogens is 1260 g/mol. The van der Waals surface area contributed by atoms with Gasteiger partial charge in [0.25, 0.3) is 0 Å². The van der Waals surface area contributed by atoms with E-state index in [2.05, 4.69) is 26.6 Å². The van der Waals surface area contributed by atoms with Gasteiger partial charge in [-0.05, 0) is 119 Å². The number of carbonyl (C=O) groups is 12. The summed E-state index contributed by atoms with van der Waals surface area (Å²) in [6.07, 6.45) is 5.90. The van der Waals surface area contributed by atoms with Crippen molar-refractivity contribution >= 4 is 82.6 Å². The Hall–Kier alpha value is -6.05. The third-order valence-electron chi connectivity index (χ3n) is 18.4. The molecule has 97 heavy (non-hydrogen) atoms. The van der Waals surface area contributed by atoms with Gasteiger partial charge in [-0.1, -0.05) is 123 Å². The number of thioether (sulfide) groups is 1. The first-order valence-electron chi connectivity index (χ1n) is 35.6. The van der Waals surface area contributed by atoms with Gasteiger partial charge < -0.3 is 66.0 Å². The molecule has 6 N–H and O–H groups in total. The molecule has 1 aliphatic heterocycles. The molecule has 1 aliphatic rings. The van der Waals surface area contributed by atoms with Gasteiger partial charge in [0.2, 0.25) is 70.9 Å². The maximum absolute atomic E-state index is 15.5. The minimum Gasteiger partial charge on any atom is -0.396 e. The third-order valence-corrected chi connectivity index (χ3v) is 19.5. The van der Waals surface area contributed by atoms with Crippen LogP contribution >= 0.6 is 11.8 Å². The van der Waals surface area contributed by atoms with Crippen molar-refractivity contribution in [3.05, 3.63) is 0 Å². The van der Waals surface area contributed by atoms with E-state index < -0.39 is 143 Å². The molecule has 26 heteroatoms. The highest BCUT2D eigenvalue weighted by molar-refractivity contribution is 7.99. The molecule has 0 radical (unpaired) electrons. The molecule has 0 aromatic carbocycles. The molecule has 0 aliphatic carbocycles. The van der Waals surface area contributed by atoms with Crippen molar-refractivity contribution in [2.45, 2.75) is 268 Å². The lowest BCUT2D eigenvalue weighted by Gasteiger charge is -2.41. The van der Waals surface area contributed by atoms with E-state index in [-0.39, 0.29) is 86.4 Å². The number of nitrogens with one attached hydrogen (secondary N) is 5. The maximum Gasteiger partial charge on any atom is 0.246 e. The van der Waals surface area contributed by atoms with Crippen molar-refractivity contribution in [2.75, 3.05) is 74.0 Å². The predicted molar refractivity (Wildman–Crippen MR) is 382 cm³/mol. The number of rotatable bonds is 26. The van der Waals surface area contributed by atoms with Crippen molar-refractivity contribution in [1.82, 2.24) is 60.9 Å². The Balaban J connectivity index is 4.47. The van der Waals surface area contributed by atoms with E-state index in [1.165, 1.54) is 116 Å². The number of aliphatic hydroxyl groups is 1. The number of aliphatic hydroxyl groups excluding tert-OH is 1. The van der Waals surface area contributed by atoms with E-state index >= 15 is 28.8 Å². The second-order valence-corrected chi connectivity index (χ2v) is 30.8. The van der Waals surface area contributed by atoms with Crippen LogP contribution in [0.15, 0.2) is 0 Å². The fraction of sp³-hybridized carbons (Fsp3) is 0.831. The summed E-state index contributed by atoms with van der Waals surface area (Å²) < 4.78 is 0. The average Bonchev–Trinajstić information content (AvgIpc) is 0.816. The van der Waals surface area contributed by atoms with E-state index in [0.29, 0.717) is 31.6 Å². The summed E-state index contributed by atoms with van der Waals surface area (Å²) in [6.45, 7) is 30.7. The summed E-state index contributed by atoms with van der Waals surface area (Å²) in [5, 5.41) is 23.8. The Bertz CT molecular complexity index is 2570. The number of carbonyl (C=O) groups excluding carboxylic acids is 12. The SMILES string of the molecule is CC[C@H]1NC(=O)[C@@H](C[C@H](C)CCCCCCNC(C)=O)N(C)C(=O)[C@@H](C(C)C)N(C)C(=O)[C@@H](CC(C)C)N(C)C(=O)[C@H](CC(C)C)N(C)C(=O)[C@H](C)NC(=O)[C@@H](C)NC(=O)[C@@H](CC(C)C)N(C)C(=O)[C@@H](C(C)C)NC(=O)[C@H](CC(C)C)N(C)C(=O)[C@@H](CSCCCCO)N(C)C1=O. The molecule has 1 fully saturated rings. The van der Waals surface area contributed by atoms with Gasteiger partial charge in [-0.3, -0.25) is 57.5 Å². The van der Waals surface area contributed by atoms with E-state index in [1.807, 2.05) is 62.3 Å². The lowest BCUT2D eigenvalue weighted by Crippen LogP contribution is -2.62. The van der Waals surface area contributed by atoms with Crippen LogP contribution in [0.5, 0.6) is 0 Å². The van der Waals surface area contributed by atoms with Gasteiger partial charge in [-0.2, -0.15) is 11.8 Å². The molecule has 0 aromatic heterocycles. The molecule has 0 saturated carbocycles. The van der Waals surface area contributed by atoms with Gasteiger partial charge in [-0.25, -0.2) is 0 Å². The summed E-state index contributed by atoms with van der Waals surface area (Å²) in [4.78, 5) is 185. The minimum atomic E-state index is -1.24. The van der Waals surface area contributed by atoms with Gasteiger partial charge in [0.1, 0.15) is 66.5 Å². The van der Waals surface area contributed by atoms with Crippen LogP contribution in [0.2, 0.25) is 0 Å². The Morgan fingerprint density at radius 2 is 0.856 bits per heavy atom. The van der Waals surface area contributed by atoms with Crippen molar-refractivity contribution < 1.29 is 62.6 Å². The number of unbranched alkanes of at least 4 members (excludes halogenated alkanes) is 4. The van der Waals surface area contributed by atoms with Crippen molar-refractivity contribution in [1.29, 1.82) is 0 Å². The number of hydrogen-bond donors (Lipinski definition) is 6. The zero-order chi connectivity index (χ0) is 74.6. The zero-order valence-corrected chi connectivity index (χ0v) is 64.6. The highest BCUT2D eigenvalue weighted by Gasteiger charge is 2.45. The van der Waals surface area contributed by atoms with Crippen LogP contribution in [-0.4, -0.2) is 251 Å². The molecule has 12 atom stereocenters. The Labute approximate surface area is 586 Å². The van der Waals surface area contributed by atoms with Crippen LogP contribution in [0.4, 0.5) is 0 Å². The molecule has 1 saturated heterocycles. The van der Waals surface area contributed by atoms with E-state index in [0.717, 1.165) is 25.7 Å². The quantitative estimate of drug-likeness (QED) is 0.0600. The summed E-state index contributed by atoms with van der Waals surface area (Å²) in [6, 6.07) is -13.0. The molecule has 12 amide bonds. The van der Waals surface area contributed by atoms with Gasteiger partial charge >= 0.3 is 0 Å². The second-order valence-electron chi connectivity index (χ2n) is 29.6. The Kier molecular flexibility index (Phi) is 39.9. The molecule has 558 valence electrons. The summed E-state index contributed by atoms with van der Waals surface area (Å²) >= 11 is 1.38. The normalized spacial score (nSPS) is 25.3. The topological polar surface area (TPSA) is 308 Å². The van der Waals surface area contributed by atoms with E-state index in [9.17, 15) is 33.9 Å².